The Labute approximate surface area is 163 Å². The molecule has 4 rings (SSSR count). The van der Waals surface area contributed by atoms with Crippen molar-refractivity contribution in [1.29, 1.82) is 0 Å². The first-order chi connectivity index (χ1) is 13.0. The summed E-state index contributed by atoms with van der Waals surface area (Å²) in [6, 6.07) is 4.27. The zero-order valence-corrected chi connectivity index (χ0v) is 16.7. The first kappa shape index (κ1) is 18.4. The standard InChI is InChI=1S/C20H26N4O2S/c1-13(2)23-9-7-16-15(12-23)20(26)22-19(21-16)17-6-3-8-24(17)18(25)11-14-5-4-10-27-14/h4-5,10,13,17H,3,6-9,11-12H2,1-2H3,(H,21,22,26). The Hall–Kier alpha value is -1.99. The van der Waals surface area contributed by atoms with E-state index in [0.29, 0.717) is 24.8 Å². The number of nitrogens with zero attached hydrogens (tertiary/aromatic N) is 3. The van der Waals surface area contributed by atoms with Crippen molar-refractivity contribution in [1.82, 2.24) is 19.8 Å². The lowest BCUT2D eigenvalue weighted by Crippen LogP contribution is -2.40. The molecule has 0 radical (unpaired) electrons. The summed E-state index contributed by atoms with van der Waals surface area (Å²) in [7, 11) is 0. The molecule has 0 aromatic carbocycles. The number of thiophene rings is 1. The largest absolute Gasteiger partial charge is 0.332 e. The fraction of sp³-hybridized carbons (Fsp3) is 0.550. The molecular weight excluding hydrogens is 360 g/mol. The number of fused-ring (bicyclic) bond motifs is 1. The summed E-state index contributed by atoms with van der Waals surface area (Å²) < 4.78 is 0. The maximum Gasteiger partial charge on any atom is 0.255 e. The Bertz CT molecular complexity index is 875. The zero-order valence-electron chi connectivity index (χ0n) is 15.9. The van der Waals surface area contributed by atoms with Gasteiger partial charge < -0.3 is 9.88 Å². The molecule has 6 nitrogen and oxygen atoms in total. The highest BCUT2D eigenvalue weighted by molar-refractivity contribution is 7.10. The second kappa shape index (κ2) is 7.56. The first-order valence-corrected chi connectivity index (χ1v) is 10.6. The molecular formula is C20H26N4O2S. The number of amides is 1. The van der Waals surface area contributed by atoms with Gasteiger partial charge in [-0.25, -0.2) is 4.98 Å². The van der Waals surface area contributed by atoms with E-state index in [1.165, 1.54) is 0 Å². The Morgan fingerprint density at radius 1 is 1.41 bits per heavy atom. The minimum Gasteiger partial charge on any atom is -0.332 e. The fourth-order valence-corrected chi connectivity index (χ4v) is 4.77. The number of H-pyrrole nitrogens is 1. The summed E-state index contributed by atoms with van der Waals surface area (Å²) in [4.78, 5) is 38.6. The molecule has 1 fully saturated rings. The summed E-state index contributed by atoms with van der Waals surface area (Å²) in [5.41, 5.74) is 1.65. The Balaban J connectivity index is 1.57. The number of rotatable bonds is 4. The lowest BCUT2D eigenvalue weighted by Gasteiger charge is -2.31. The minimum absolute atomic E-state index is 0.0436. The maximum atomic E-state index is 12.8. The number of hydrogen-bond acceptors (Lipinski definition) is 5. The van der Waals surface area contributed by atoms with Crippen molar-refractivity contribution in [2.75, 3.05) is 13.1 Å². The summed E-state index contributed by atoms with van der Waals surface area (Å²) in [6.45, 7) is 6.61. The number of hydrogen-bond donors (Lipinski definition) is 1. The van der Waals surface area contributed by atoms with E-state index in [2.05, 4.69) is 23.7 Å². The van der Waals surface area contributed by atoms with Gasteiger partial charge in [0.1, 0.15) is 5.82 Å². The van der Waals surface area contributed by atoms with Gasteiger partial charge in [0, 0.05) is 37.0 Å². The Kier molecular flexibility index (Phi) is 5.14. The van der Waals surface area contributed by atoms with Crippen LogP contribution in [0.5, 0.6) is 0 Å². The molecule has 1 N–H and O–H groups in total. The van der Waals surface area contributed by atoms with E-state index in [4.69, 9.17) is 4.98 Å². The highest BCUT2D eigenvalue weighted by Gasteiger charge is 2.33. The molecule has 2 aromatic heterocycles. The molecule has 1 saturated heterocycles. The summed E-state index contributed by atoms with van der Waals surface area (Å²) in [5, 5.41) is 1.99. The van der Waals surface area contributed by atoms with Crippen LogP contribution in [0.2, 0.25) is 0 Å². The third-order valence-electron chi connectivity index (χ3n) is 5.64. The van der Waals surface area contributed by atoms with E-state index in [9.17, 15) is 9.59 Å². The van der Waals surface area contributed by atoms with E-state index in [-0.39, 0.29) is 17.5 Å². The second-order valence-corrected chi connectivity index (χ2v) is 8.72. The third-order valence-corrected chi connectivity index (χ3v) is 6.52. The van der Waals surface area contributed by atoms with Gasteiger partial charge in [0.25, 0.3) is 5.56 Å². The van der Waals surface area contributed by atoms with E-state index in [1.807, 2.05) is 22.4 Å². The molecule has 27 heavy (non-hydrogen) atoms. The molecule has 144 valence electrons. The van der Waals surface area contributed by atoms with Crippen molar-refractivity contribution in [3.05, 3.63) is 49.8 Å². The Morgan fingerprint density at radius 2 is 2.26 bits per heavy atom. The molecule has 2 aliphatic heterocycles. The third kappa shape index (κ3) is 3.71. The zero-order chi connectivity index (χ0) is 19.0. The van der Waals surface area contributed by atoms with E-state index >= 15 is 0 Å². The van der Waals surface area contributed by atoms with Crippen LogP contribution in [0.3, 0.4) is 0 Å². The van der Waals surface area contributed by atoms with Crippen molar-refractivity contribution in [2.24, 2.45) is 0 Å². The van der Waals surface area contributed by atoms with Crippen molar-refractivity contribution >= 4 is 17.2 Å². The van der Waals surface area contributed by atoms with Crippen molar-refractivity contribution in [2.45, 2.75) is 58.2 Å². The van der Waals surface area contributed by atoms with Gasteiger partial charge in [-0.2, -0.15) is 0 Å². The van der Waals surface area contributed by atoms with Gasteiger partial charge >= 0.3 is 0 Å². The molecule has 0 aliphatic carbocycles. The molecule has 2 aromatic rings. The Morgan fingerprint density at radius 3 is 3.00 bits per heavy atom. The van der Waals surface area contributed by atoms with Gasteiger partial charge in [-0.1, -0.05) is 6.07 Å². The molecule has 1 unspecified atom stereocenters. The van der Waals surface area contributed by atoms with Crippen LogP contribution in [0.25, 0.3) is 0 Å². The lowest BCUT2D eigenvalue weighted by molar-refractivity contribution is -0.131. The predicted molar refractivity (Wildman–Crippen MR) is 106 cm³/mol. The number of aromatic amines is 1. The SMILES string of the molecule is CC(C)N1CCc2nc(C3CCCN3C(=O)Cc3cccs3)[nH]c(=O)c2C1. The van der Waals surface area contributed by atoms with Crippen molar-refractivity contribution < 1.29 is 4.79 Å². The molecule has 1 atom stereocenters. The number of carbonyl (C=O) groups excluding carboxylic acids is 1. The second-order valence-electron chi connectivity index (χ2n) is 7.69. The van der Waals surface area contributed by atoms with E-state index in [0.717, 1.165) is 48.5 Å². The molecule has 2 aliphatic rings. The lowest BCUT2D eigenvalue weighted by atomic mass is 10.0. The van der Waals surface area contributed by atoms with E-state index in [1.54, 1.807) is 11.3 Å². The average Bonchev–Trinajstić information content (AvgIpc) is 3.32. The molecule has 0 saturated carbocycles. The number of aromatic nitrogens is 2. The van der Waals surface area contributed by atoms with Gasteiger partial charge in [-0.15, -0.1) is 11.3 Å². The first-order valence-electron chi connectivity index (χ1n) is 9.71. The smallest absolute Gasteiger partial charge is 0.255 e. The van der Waals surface area contributed by atoms with Gasteiger partial charge in [-0.3, -0.25) is 14.5 Å². The van der Waals surface area contributed by atoms with E-state index < -0.39 is 0 Å². The summed E-state index contributed by atoms with van der Waals surface area (Å²) >= 11 is 1.60. The van der Waals surface area contributed by atoms with Crippen LogP contribution in [0.4, 0.5) is 0 Å². The summed E-state index contributed by atoms with van der Waals surface area (Å²) in [6.07, 6.45) is 3.02. The molecule has 7 heteroatoms. The summed E-state index contributed by atoms with van der Waals surface area (Å²) in [5.74, 6) is 0.778. The topological polar surface area (TPSA) is 69.3 Å². The monoisotopic (exact) mass is 386 g/mol. The highest BCUT2D eigenvalue weighted by Crippen LogP contribution is 2.31. The van der Waals surface area contributed by atoms with Gasteiger partial charge in [-0.05, 0) is 38.1 Å². The average molecular weight is 387 g/mol. The van der Waals surface area contributed by atoms with Gasteiger partial charge in [0.2, 0.25) is 5.91 Å². The predicted octanol–water partition coefficient (Wildman–Crippen LogP) is 2.50. The molecule has 4 heterocycles. The fourth-order valence-electron chi connectivity index (χ4n) is 4.08. The van der Waals surface area contributed by atoms with Crippen LogP contribution in [0.15, 0.2) is 22.3 Å². The number of likely N-dealkylation sites (tertiary alicyclic amines) is 1. The van der Waals surface area contributed by atoms with Crippen LogP contribution in [0, 0.1) is 0 Å². The quantitative estimate of drug-likeness (QED) is 0.877. The molecule has 0 bridgehead atoms. The molecule has 1 amide bonds. The van der Waals surface area contributed by atoms with Gasteiger partial charge in [0.05, 0.1) is 23.7 Å². The van der Waals surface area contributed by atoms with Gasteiger partial charge in [0.15, 0.2) is 0 Å². The normalized spacial score (nSPS) is 20.3. The van der Waals surface area contributed by atoms with Crippen LogP contribution in [-0.4, -0.2) is 44.8 Å². The van der Waals surface area contributed by atoms with Crippen LogP contribution in [-0.2, 0) is 24.2 Å². The van der Waals surface area contributed by atoms with Crippen LogP contribution < -0.4 is 5.56 Å². The van der Waals surface area contributed by atoms with Crippen LogP contribution >= 0.6 is 11.3 Å². The maximum absolute atomic E-state index is 12.8. The highest BCUT2D eigenvalue weighted by atomic mass is 32.1. The number of nitrogens with one attached hydrogen (secondary N) is 1. The van der Waals surface area contributed by atoms with Crippen LogP contribution in [0.1, 0.15) is 54.7 Å². The van der Waals surface area contributed by atoms with Crippen molar-refractivity contribution in [3.8, 4) is 0 Å². The number of carbonyl (C=O) groups is 1. The minimum atomic E-state index is -0.112. The van der Waals surface area contributed by atoms with Crippen molar-refractivity contribution in [3.63, 3.8) is 0 Å². The molecule has 0 spiro atoms.